The van der Waals surface area contributed by atoms with Gasteiger partial charge in [0.2, 0.25) is 11.7 Å². The van der Waals surface area contributed by atoms with Crippen LogP contribution in [0.5, 0.6) is 0 Å². The summed E-state index contributed by atoms with van der Waals surface area (Å²) in [4.78, 5) is 28.5. The Labute approximate surface area is 151 Å². The van der Waals surface area contributed by atoms with Gasteiger partial charge in [0.05, 0.1) is 0 Å². The molecular formula is C16H20ClN5O3. The number of hydrogen-bond acceptors (Lipinski definition) is 5. The fraction of sp³-hybridized carbons (Fsp3) is 0.375. The molecule has 1 amide bonds. The second-order valence-electron chi connectivity index (χ2n) is 5.84. The molecule has 2 heterocycles. The molecule has 0 radical (unpaired) electrons. The predicted molar refractivity (Wildman–Crippen MR) is 97.0 cm³/mol. The van der Waals surface area contributed by atoms with Gasteiger partial charge in [-0.25, -0.2) is 0 Å². The van der Waals surface area contributed by atoms with Crippen LogP contribution in [0.15, 0.2) is 24.4 Å². The Hall–Kier alpha value is -2.61. The van der Waals surface area contributed by atoms with Gasteiger partial charge in [-0.1, -0.05) is 6.07 Å². The molecule has 0 saturated carbocycles. The van der Waals surface area contributed by atoms with Gasteiger partial charge in [0.25, 0.3) is 0 Å². The maximum Gasteiger partial charge on any atom is 0.381 e. The summed E-state index contributed by atoms with van der Waals surface area (Å²) < 4.78 is 1.64. The number of anilines is 2. The highest BCUT2D eigenvalue weighted by molar-refractivity contribution is 5.95. The quantitative estimate of drug-likeness (QED) is 0.508. The third kappa shape index (κ3) is 3.74. The Balaban J connectivity index is 0.00000225. The summed E-state index contributed by atoms with van der Waals surface area (Å²) in [6.45, 7) is 2.71. The van der Waals surface area contributed by atoms with Gasteiger partial charge in [-0.2, -0.15) is 0 Å². The number of amides is 1. The average Bonchev–Trinajstić information content (AvgIpc) is 2.94. The summed E-state index contributed by atoms with van der Waals surface area (Å²) >= 11 is 0. The minimum Gasteiger partial charge on any atom is -0.398 e. The summed E-state index contributed by atoms with van der Waals surface area (Å²) in [5, 5.41) is 10.8. The van der Waals surface area contributed by atoms with E-state index in [0.717, 1.165) is 24.1 Å². The lowest BCUT2D eigenvalue weighted by atomic mass is 9.99. The molecule has 1 aliphatic rings. The van der Waals surface area contributed by atoms with Crippen molar-refractivity contribution in [3.05, 3.63) is 45.9 Å². The molecule has 1 aromatic heterocycles. The predicted octanol–water partition coefficient (Wildman–Crippen LogP) is 2.47. The van der Waals surface area contributed by atoms with Crippen molar-refractivity contribution in [1.29, 1.82) is 0 Å². The Morgan fingerprint density at radius 3 is 2.88 bits per heavy atom. The van der Waals surface area contributed by atoms with Crippen LogP contribution in [0.1, 0.15) is 24.2 Å². The van der Waals surface area contributed by atoms with Crippen LogP contribution in [0.2, 0.25) is 0 Å². The normalized spacial score (nSPS) is 13.1. The monoisotopic (exact) mass is 365 g/mol. The van der Waals surface area contributed by atoms with Gasteiger partial charge < -0.3 is 25.3 Å². The molecule has 0 atom stereocenters. The first-order valence-corrected chi connectivity index (χ1v) is 7.83. The highest BCUT2D eigenvalue weighted by Crippen LogP contribution is 2.31. The van der Waals surface area contributed by atoms with E-state index in [1.165, 1.54) is 6.20 Å². The number of nitro groups is 1. The summed E-state index contributed by atoms with van der Waals surface area (Å²) in [5.41, 5.74) is 8.61. The lowest BCUT2D eigenvalue weighted by molar-refractivity contribution is -0.389. The Bertz CT molecular complexity index is 805. The number of carbonyl (C=O) groups excluding carboxylic acids is 1. The van der Waals surface area contributed by atoms with Crippen LogP contribution < -0.4 is 10.6 Å². The lowest BCUT2D eigenvalue weighted by Crippen LogP contribution is -2.36. The highest BCUT2D eigenvalue weighted by Gasteiger charge is 2.24. The maximum atomic E-state index is 12.6. The summed E-state index contributed by atoms with van der Waals surface area (Å²) in [6.07, 6.45) is 3.37. The fourth-order valence-corrected chi connectivity index (χ4v) is 3.07. The third-order valence-corrected chi connectivity index (χ3v) is 4.30. The molecule has 134 valence electrons. The zero-order chi connectivity index (χ0) is 17.3. The molecule has 0 saturated heterocycles. The first-order valence-electron chi connectivity index (χ1n) is 7.83. The van der Waals surface area contributed by atoms with E-state index >= 15 is 0 Å². The number of carbonyl (C=O) groups is 1. The number of aromatic nitrogens is 2. The number of imidazole rings is 1. The minimum absolute atomic E-state index is 0. The van der Waals surface area contributed by atoms with E-state index in [1.54, 1.807) is 16.4 Å². The molecule has 0 fully saturated rings. The molecule has 3 rings (SSSR count). The van der Waals surface area contributed by atoms with E-state index in [-0.39, 0.29) is 30.6 Å². The van der Waals surface area contributed by atoms with E-state index in [4.69, 9.17) is 5.73 Å². The number of nitrogens with zero attached hydrogens (tertiary/aromatic N) is 4. The molecule has 0 bridgehead atoms. The number of hydrogen-bond donors (Lipinski definition) is 1. The van der Waals surface area contributed by atoms with Gasteiger partial charge in [0.1, 0.15) is 6.20 Å². The number of halogens is 1. The topological polar surface area (TPSA) is 107 Å². The second-order valence-corrected chi connectivity index (χ2v) is 5.84. The Morgan fingerprint density at radius 2 is 2.20 bits per heavy atom. The van der Waals surface area contributed by atoms with E-state index in [1.807, 2.05) is 18.2 Å². The zero-order valence-electron chi connectivity index (χ0n) is 13.8. The molecule has 9 heteroatoms. The zero-order valence-corrected chi connectivity index (χ0v) is 14.7. The van der Waals surface area contributed by atoms with E-state index < -0.39 is 4.92 Å². The van der Waals surface area contributed by atoms with Crippen molar-refractivity contribution >= 4 is 35.5 Å². The largest absolute Gasteiger partial charge is 0.398 e. The van der Waals surface area contributed by atoms with E-state index in [2.05, 4.69) is 4.98 Å². The number of aryl methyl sites for hydroxylation is 2. The van der Waals surface area contributed by atoms with Crippen LogP contribution in [-0.2, 0) is 17.8 Å². The van der Waals surface area contributed by atoms with Gasteiger partial charge in [-0.15, -0.1) is 12.4 Å². The average molecular weight is 366 g/mol. The highest BCUT2D eigenvalue weighted by atomic mass is 35.5. The van der Waals surface area contributed by atoms with Crippen molar-refractivity contribution in [2.45, 2.75) is 32.7 Å². The SMILES string of the molecule is Cc1nc([N+](=O)[O-])cn1CCC(=O)N1CCCc2c(N)cccc21.Cl. The number of nitrogens with two attached hydrogens (primary N) is 1. The number of fused-ring (bicyclic) bond motifs is 1. The molecule has 0 aliphatic carbocycles. The van der Waals surface area contributed by atoms with Crippen LogP contribution in [0.25, 0.3) is 0 Å². The smallest absolute Gasteiger partial charge is 0.381 e. The van der Waals surface area contributed by atoms with Crippen molar-refractivity contribution < 1.29 is 9.72 Å². The molecule has 2 aromatic rings. The molecule has 2 N–H and O–H groups in total. The second kappa shape index (κ2) is 7.52. The Kier molecular flexibility index (Phi) is 5.63. The van der Waals surface area contributed by atoms with Crippen LogP contribution in [0, 0.1) is 17.0 Å². The molecule has 0 unspecified atom stereocenters. The van der Waals surface area contributed by atoms with Gasteiger partial charge >= 0.3 is 5.82 Å². The third-order valence-electron chi connectivity index (χ3n) is 4.30. The number of nitrogen functional groups attached to an aromatic ring is 1. The van der Waals surface area contributed by atoms with Crippen LogP contribution in [0.3, 0.4) is 0 Å². The van der Waals surface area contributed by atoms with Crippen molar-refractivity contribution in [3.8, 4) is 0 Å². The molecule has 0 spiro atoms. The molecule has 1 aliphatic heterocycles. The van der Waals surface area contributed by atoms with Gasteiger partial charge in [0.15, 0.2) is 0 Å². The molecule has 1 aromatic carbocycles. The van der Waals surface area contributed by atoms with Crippen molar-refractivity contribution in [3.63, 3.8) is 0 Å². The van der Waals surface area contributed by atoms with Crippen molar-refractivity contribution in [2.24, 2.45) is 0 Å². The fourth-order valence-electron chi connectivity index (χ4n) is 3.07. The van der Waals surface area contributed by atoms with Crippen LogP contribution in [-0.4, -0.2) is 26.9 Å². The number of rotatable bonds is 4. The maximum absolute atomic E-state index is 12.6. The van der Waals surface area contributed by atoms with Crippen molar-refractivity contribution in [1.82, 2.24) is 9.55 Å². The Morgan fingerprint density at radius 1 is 1.44 bits per heavy atom. The summed E-state index contributed by atoms with van der Waals surface area (Å²) in [7, 11) is 0. The summed E-state index contributed by atoms with van der Waals surface area (Å²) in [6, 6.07) is 5.61. The molecular weight excluding hydrogens is 346 g/mol. The van der Waals surface area contributed by atoms with Crippen LogP contribution in [0.4, 0.5) is 17.2 Å². The standard InChI is InChI=1S/C16H19N5O3.ClH/c1-11-18-15(21(23)24)10-19(11)9-7-16(22)20-8-3-4-12-13(17)5-2-6-14(12)20;/h2,5-6,10H,3-4,7-9,17H2,1H3;1H. The van der Waals surface area contributed by atoms with Gasteiger partial charge in [-0.3, -0.25) is 4.79 Å². The first-order chi connectivity index (χ1) is 11.5. The molecule has 8 nitrogen and oxygen atoms in total. The van der Waals surface area contributed by atoms with Crippen molar-refractivity contribution in [2.75, 3.05) is 17.2 Å². The molecule has 25 heavy (non-hydrogen) atoms. The van der Waals surface area contributed by atoms with Crippen LogP contribution >= 0.6 is 12.4 Å². The lowest BCUT2D eigenvalue weighted by Gasteiger charge is -2.30. The van der Waals surface area contributed by atoms with E-state index in [9.17, 15) is 14.9 Å². The van der Waals surface area contributed by atoms with E-state index in [0.29, 0.717) is 24.6 Å². The summed E-state index contributed by atoms with van der Waals surface area (Å²) in [5.74, 6) is 0.311. The first kappa shape index (κ1) is 18.7. The minimum atomic E-state index is -0.533. The number of benzene rings is 1. The van der Waals surface area contributed by atoms with Gasteiger partial charge in [-0.05, 0) is 40.4 Å². The van der Waals surface area contributed by atoms with Gasteiger partial charge in [0, 0.05) is 37.8 Å².